The number of pyridine rings is 1. The maximum Gasteiger partial charge on any atom is 0.352 e. The van der Waals surface area contributed by atoms with Crippen molar-refractivity contribution in [1.82, 2.24) is 30.4 Å². The zero-order valence-electron chi connectivity index (χ0n) is 27.9. The number of carboxylic acids is 2. The number of nitrogens with one attached hydrogen (secondary N) is 3. The molecule has 1 aromatic carbocycles. The molecule has 3 fully saturated rings. The first kappa shape index (κ1) is 36.3. The van der Waals surface area contributed by atoms with Crippen LogP contribution < -0.4 is 32.0 Å². The summed E-state index contributed by atoms with van der Waals surface area (Å²) in [5.74, 6) is -4.66. The Morgan fingerprint density at radius 1 is 1.17 bits per heavy atom. The van der Waals surface area contributed by atoms with Gasteiger partial charge in [-0.2, -0.15) is 0 Å². The number of nitrogen functional groups attached to an aromatic ring is 1. The molecule has 2 aromatic heterocycles. The van der Waals surface area contributed by atoms with Crippen LogP contribution in [0.5, 0.6) is 0 Å². The molecule has 3 aliphatic heterocycles. The van der Waals surface area contributed by atoms with Crippen LogP contribution >= 0.6 is 35.3 Å². The lowest BCUT2D eigenvalue weighted by atomic mass is 10.0. The number of hydrogen-bond acceptors (Lipinski definition) is 13. The van der Waals surface area contributed by atoms with E-state index in [2.05, 4.69) is 26.1 Å². The largest absolute Gasteiger partial charge is 0.477 e. The lowest BCUT2D eigenvalue weighted by molar-refractivity contribution is -0.135. The number of aromatic carboxylic acids is 1. The minimum atomic E-state index is -1.46. The minimum absolute atomic E-state index is 0.0480. The number of thioether (sulfide) groups is 1. The van der Waals surface area contributed by atoms with Gasteiger partial charge in [-0.05, 0) is 43.1 Å². The Morgan fingerprint density at radius 3 is 2.60 bits per heavy atom. The number of rotatable bonds is 11. The first-order valence-corrected chi connectivity index (χ1v) is 18.8. The topological polar surface area (TPSA) is 217 Å². The predicted molar refractivity (Wildman–Crippen MR) is 197 cm³/mol. The van der Waals surface area contributed by atoms with E-state index in [4.69, 9.17) is 22.8 Å². The summed E-state index contributed by atoms with van der Waals surface area (Å²) in [6.07, 6.45) is 2.97. The van der Waals surface area contributed by atoms with Crippen LogP contribution in [-0.4, -0.2) is 110 Å². The van der Waals surface area contributed by atoms with Gasteiger partial charge in [-0.3, -0.25) is 9.59 Å². The van der Waals surface area contributed by atoms with Crippen LogP contribution in [0.3, 0.4) is 0 Å². The molecule has 21 heteroatoms. The number of hydrogen-bond donors (Lipinski definition) is 6. The second-order valence-corrected chi connectivity index (χ2v) is 15.3. The number of thiocarbonyl (C=S) groups is 1. The second kappa shape index (κ2) is 14.4. The highest BCUT2D eigenvalue weighted by Crippen LogP contribution is 2.41. The van der Waals surface area contributed by atoms with Crippen LogP contribution in [0.25, 0.3) is 10.9 Å². The third-order valence-electron chi connectivity index (χ3n) is 9.43. The van der Waals surface area contributed by atoms with Gasteiger partial charge in [0.15, 0.2) is 21.8 Å². The van der Waals surface area contributed by atoms with Gasteiger partial charge in [-0.25, -0.2) is 23.4 Å². The molecule has 0 radical (unpaired) electrons. The Kier molecular flexibility index (Phi) is 9.89. The molecule has 16 nitrogen and oxygen atoms in total. The molecule has 7 rings (SSSR count). The third kappa shape index (κ3) is 6.95. The maximum atomic E-state index is 16.1. The molecule has 2 saturated heterocycles. The fourth-order valence-electron chi connectivity index (χ4n) is 6.84. The van der Waals surface area contributed by atoms with Crippen molar-refractivity contribution in [3.63, 3.8) is 0 Å². The molecule has 3 aromatic rings. The van der Waals surface area contributed by atoms with Crippen molar-refractivity contribution >= 4 is 85.7 Å². The summed E-state index contributed by atoms with van der Waals surface area (Å²) >= 11 is 8.12. The van der Waals surface area contributed by atoms with Gasteiger partial charge in [-0.15, -0.1) is 23.1 Å². The molecule has 1 saturated carbocycles. The normalized spacial score (nSPS) is 21.3. The highest BCUT2D eigenvalue weighted by Gasteiger charge is 2.47. The van der Waals surface area contributed by atoms with E-state index in [0.29, 0.717) is 30.6 Å². The summed E-state index contributed by atoms with van der Waals surface area (Å²) in [4.78, 5) is 62.1. The van der Waals surface area contributed by atoms with E-state index in [9.17, 15) is 29.4 Å². The molecular formula is C32H33F2N9O7S3. The van der Waals surface area contributed by atoms with Crippen LogP contribution in [0.1, 0.15) is 41.4 Å². The molecule has 0 bridgehead atoms. The van der Waals surface area contributed by atoms with Crippen molar-refractivity contribution in [2.45, 2.75) is 42.8 Å². The van der Waals surface area contributed by atoms with Gasteiger partial charge in [0.25, 0.3) is 5.91 Å². The number of nitrogens with two attached hydrogens (primary N) is 1. The number of aliphatic carboxylic acids is 1. The van der Waals surface area contributed by atoms with E-state index in [0.717, 1.165) is 23.6 Å². The van der Waals surface area contributed by atoms with Crippen LogP contribution in [0.2, 0.25) is 0 Å². The van der Waals surface area contributed by atoms with E-state index in [1.54, 1.807) is 10.3 Å². The molecule has 0 spiro atoms. The molecule has 1 amide bonds. The second-order valence-electron chi connectivity index (χ2n) is 12.9. The number of thiazole rings is 1. The van der Waals surface area contributed by atoms with E-state index in [1.165, 1.54) is 28.3 Å². The highest BCUT2D eigenvalue weighted by molar-refractivity contribution is 8.00. The summed E-state index contributed by atoms with van der Waals surface area (Å²) in [7, 11) is 1.30. The summed E-state index contributed by atoms with van der Waals surface area (Å²) in [6.45, 7) is 0.818. The molecule has 280 valence electrons. The van der Waals surface area contributed by atoms with Crippen LogP contribution in [0.15, 0.2) is 38.9 Å². The van der Waals surface area contributed by atoms with Crippen molar-refractivity contribution in [2.75, 3.05) is 49.7 Å². The quantitative estimate of drug-likeness (QED) is 0.0926. The summed E-state index contributed by atoms with van der Waals surface area (Å²) < 4.78 is 33.0. The number of benzene rings is 1. The summed E-state index contributed by atoms with van der Waals surface area (Å²) in [5, 5.41) is 33.9. The number of fused-ring (bicyclic) bond motifs is 2. The van der Waals surface area contributed by atoms with Gasteiger partial charge in [-0.1, -0.05) is 5.16 Å². The lowest BCUT2D eigenvalue weighted by Gasteiger charge is -2.52. The number of carbonyl (C=O) groups is 3. The van der Waals surface area contributed by atoms with Crippen molar-refractivity contribution < 1.29 is 38.2 Å². The number of nitrogens with zero attached hydrogens (tertiary/aromatic N) is 5. The SMILES string of the molecule is CON=C(C(=O)N[C@@H]1CN2C(C(=O)O)=C(CNC(=S)NC3CCN(c4c(F)cc5c(=O)c(C(=O)O)cn(C6CC6)c5c4F)C3)CS[C@H]12)c1csc(N)n1. The van der Waals surface area contributed by atoms with E-state index >= 15 is 8.78 Å². The van der Waals surface area contributed by atoms with Crippen molar-refractivity contribution in [1.29, 1.82) is 0 Å². The fourth-order valence-corrected chi connectivity index (χ4v) is 9.00. The number of anilines is 2. The van der Waals surface area contributed by atoms with Gasteiger partial charge in [0.1, 0.15) is 35.6 Å². The molecular weight excluding hydrogens is 757 g/mol. The van der Waals surface area contributed by atoms with Crippen molar-refractivity contribution in [3.8, 4) is 0 Å². The Labute approximate surface area is 313 Å². The van der Waals surface area contributed by atoms with Gasteiger partial charge in [0.05, 0.1) is 22.3 Å². The fraction of sp³-hybridized carbons (Fsp3) is 0.406. The number of amides is 1. The van der Waals surface area contributed by atoms with Gasteiger partial charge in [0.2, 0.25) is 5.43 Å². The summed E-state index contributed by atoms with van der Waals surface area (Å²) in [6, 6.07) is 0.0471. The Morgan fingerprint density at radius 2 is 1.94 bits per heavy atom. The van der Waals surface area contributed by atoms with E-state index in [-0.39, 0.29) is 93.6 Å². The van der Waals surface area contributed by atoms with Gasteiger partial charge >= 0.3 is 11.9 Å². The molecule has 1 aliphatic carbocycles. The Bertz CT molecular complexity index is 2170. The number of oxime groups is 1. The van der Waals surface area contributed by atoms with Crippen LogP contribution in [0, 0.1) is 11.6 Å². The number of halogens is 2. The standard InChI is InChI=1S/C32H33F2N9O7S3/c1-50-40-22(20-12-53-31(35)39-20)27(45)38-19-10-43-23(30(48)49)13(11-52-28(19)43)7-36-32(51)37-14-4-5-41(8-14)25-18(33)6-16-24(21(25)34)42(15-2-3-15)9-17(26(16)44)29(46)47/h6,9,12,14-15,19,28H,2-5,7-8,10-11H2,1H3,(H2,35,39)(H,38,45)(H,46,47)(H,48,49)(H2,36,37,51)/t14?,19-,28-/m1/s1. The van der Waals surface area contributed by atoms with Crippen molar-refractivity contribution in [2.24, 2.45) is 5.16 Å². The first-order chi connectivity index (χ1) is 25.4. The highest BCUT2D eigenvalue weighted by atomic mass is 32.2. The van der Waals surface area contributed by atoms with Crippen LogP contribution in [0.4, 0.5) is 19.6 Å². The molecule has 3 atom stereocenters. The Balaban J connectivity index is 0.979. The molecule has 7 N–H and O–H groups in total. The predicted octanol–water partition coefficient (Wildman–Crippen LogP) is 1.66. The monoisotopic (exact) mass is 789 g/mol. The number of carbonyl (C=O) groups excluding carboxylic acids is 1. The van der Waals surface area contributed by atoms with Gasteiger partial charge in [0, 0.05) is 55.6 Å². The zero-order chi connectivity index (χ0) is 37.7. The van der Waals surface area contributed by atoms with E-state index < -0.39 is 40.5 Å². The van der Waals surface area contributed by atoms with Crippen molar-refractivity contribution in [3.05, 3.63) is 62.0 Å². The molecule has 4 aliphatic rings. The lowest BCUT2D eigenvalue weighted by Crippen LogP contribution is -2.67. The van der Waals surface area contributed by atoms with Gasteiger partial charge < -0.3 is 51.1 Å². The Hall–Kier alpha value is -5.02. The minimum Gasteiger partial charge on any atom is -0.477 e. The number of aromatic nitrogens is 2. The maximum absolute atomic E-state index is 16.1. The summed E-state index contributed by atoms with van der Waals surface area (Å²) in [5.41, 5.74) is 4.71. The first-order valence-electron chi connectivity index (χ1n) is 16.4. The van der Waals surface area contributed by atoms with Crippen LogP contribution in [-0.2, 0) is 14.4 Å². The molecule has 1 unspecified atom stereocenters. The average molecular weight is 790 g/mol. The molecule has 5 heterocycles. The van der Waals surface area contributed by atoms with E-state index in [1.807, 2.05) is 0 Å². The zero-order valence-corrected chi connectivity index (χ0v) is 30.4. The smallest absolute Gasteiger partial charge is 0.352 e. The molecule has 53 heavy (non-hydrogen) atoms. The average Bonchev–Trinajstić information content (AvgIpc) is 3.70. The third-order valence-corrected chi connectivity index (χ3v) is 11.8. The number of carboxylic acid groups (broad SMARTS) is 2.